The average Bonchev–Trinajstić information content (AvgIpc) is 1.41. The molecule has 0 saturated carbocycles. The van der Waals surface area contributed by atoms with Gasteiger partial charge in [0.05, 0.1) is 33.3 Å². The number of aliphatic imine (C=N–C) groups is 1. The first-order valence-electron chi connectivity index (χ1n) is 28.4. The van der Waals surface area contributed by atoms with Crippen LogP contribution in [0, 0.1) is 17.5 Å². The van der Waals surface area contributed by atoms with Crippen LogP contribution >= 0.6 is 23.2 Å². The van der Waals surface area contributed by atoms with Crippen LogP contribution in [0.5, 0.6) is 11.5 Å². The van der Waals surface area contributed by atoms with Gasteiger partial charge in [0.25, 0.3) is 0 Å². The van der Waals surface area contributed by atoms with E-state index < -0.39 is 35.5 Å². The molecule has 3 unspecified atom stereocenters. The highest BCUT2D eigenvalue weighted by Gasteiger charge is 2.45. The fourth-order valence-corrected chi connectivity index (χ4v) is 13.8. The molecule has 0 bridgehead atoms. The van der Waals surface area contributed by atoms with E-state index in [0.717, 1.165) is 31.6 Å². The fraction of sp³-hybridized carbons (Fsp3) is 0.450. The number of benzene rings is 4. The summed E-state index contributed by atoms with van der Waals surface area (Å²) in [5.41, 5.74) is 8.39. The van der Waals surface area contributed by atoms with Gasteiger partial charge in [-0.05, 0) is 89.7 Å². The van der Waals surface area contributed by atoms with Gasteiger partial charge in [0.2, 0.25) is 18.2 Å². The van der Waals surface area contributed by atoms with Crippen molar-refractivity contribution in [2.75, 3.05) is 114 Å². The third-order valence-electron chi connectivity index (χ3n) is 17.6. The number of ether oxygens (including phenoxy) is 2. The molecule has 1 aromatic heterocycles. The van der Waals surface area contributed by atoms with Crippen molar-refractivity contribution in [3.63, 3.8) is 0 Å². The first-order chi connectivity index (χ1) is 39.9. The number of nitrogen functional groups attached to an aromatic ring is 1. The second-order valence-electron chi connectivity index (χ2n) is 23.0. The van der Waals surface area contributed by atoms with Crippen LogP contribution in [0.3, 0.4) is 0 Å². The Morgan fingerprint density at radius 1 is 0.747 bits per heavy atom. The van der Waals surface area contributed by atoms with E-state index in [9.17, 15) is 23.9 Å². The number of aliphatic hydroxyl groups is 1. The Bertz CT molecular complexity index is 3540. The van der Waals surface area contributed by atoms with Gasteiger partial charge < -0.3 is 49.7 Å². The monoisotopic (exact) mass is 1180 g/mol. The Labute approximate surface area is 489 Å². The Morgan fingerprint density at radius 2 is 1.40 bits per heavy atom. The number of carbonyl (C=O) groups excluding carboxylic acids is 2. The number of nitrogens with two attached hydrogens (primary N) is 1. The summed E-state index contributed by atoms with van der Waals surface area (Å²) in [5.74, 6) is -1.01. The predicted octanol–water partition coefficient (Wildman–Crippen LogP) is 6.69. The lowest BCUT2D eigenvalue weighted by Crippen LogP contribution is -2.62. The van der Waals surface area contributed by atoms with Gasteiger partial charge in [-0.3, -0.25) is 24.0 Å². The molecule has 4 fully saturated rings. The Balaban J connectivity index is 0.724. The number of amides is 2. The molecular weight excluding hydrogens is 1110 g/mol. The molecule has 7 aliphatic rings. The van der Waals surface area contributed by atoms with Gasteiger partial charge in [-0.15, -0.1) is 0 Å². The van der Waals surface area contributed by atoms with E-state index >= 15 is 8.78 Å². The van der Waals surface area contributed by atoms with E-state index in [2.05, 4.69) is 26.2 Å². The maximum Gasteiger partial charge on any atom is 0.350 e. The molecule has 23 heteroatoms. The molecule has 438 valence electrons. The van der Waals surface area contributed by atoms with E-state index in [1.54, 1.807) is 39.8 Å². The number of likely N-dealkylation sites (tertiary alicyclic amines) is 1. The molecule has 2 amide bonds. The molecule has 4 aromatic carbocycles. The minimum absolute atomic E-state index is 0.0271. The van der Waals surface area contributed by atoms with Crippen LogP contribution in [-0.2, 0) is 9.59 Å². The molecule has 0 spiro atoms. The summed E-state index contributed by atoms with van der Waals surface area (Å²) in [4.78, 5) is 67.3. The fourth-order valence-electron chi connectivity index (χ4n) is 13.2. The van der Waals surface area contributed by atoms with Crippen LogP contribution in [0.1, 0.15) is 45.7 Å². The third kappa shape index (κ3) is 10.2. The first-order valence-corrected chi connectivity index (χ1v) is 29.2. The SMILES string of the molecule is C=CC(=O)N1C[C@H](C)N(c2nc(=O)n3c4c(c(-c5ccc(F)cc5F)c(Cl)cc24)OCC3CN2CCN(C/C=C/C(=O)N3C[C@H](C)N(C4=NC(O)N5c6c4cc(Cl)c(-c4c(N)cccc4F)c6OCC5CN4CCC4)C[C@H]3C)CC2)C[C@H]1C. The van der Waals surface area contributed by atoms with E-state index in [1.165, 1.54) is 18.2 Å². The van der Waals surface area contributed by atoms with Gasteiger partial charge in [-0.25, -0.2) is 23.0 Å². The number of nitrogens with zero attached hydrogens (tertiary/aromatic N) is 11. The number of aliphatic hydroxyl groups excluding tert-OH is 1. The Kier molecular flexibility index (Phi) is 15.4. The number of piperazine rings is 3. The number of carbonyl (C=O) groups is 2. The van der Waals surface area contributed by atoms with Crippen molar-refractivity contribution in [2.45, 2.75) is 76.7 Å². The summed E-state index contributed by atoms with van der Waals surface area (Å²) < 4.78 is 60.1. The number of anilines is 3. The van der Waals surface area contributed by atoms with Crippen molar-refractivity contribution in [1.29, 1.82) is 0 Å². The standard InChI is InChI=1S/C60H67Cl2F3N12O6/c1-6-48(78)72-25-35(4)74(27-33(72)2)57-41-23-43(61)50(40-14-13-37(63)22-46(40)65)55-53(41)76(59(80)67-57)39(31-82-55)30-71-20-18-69(19-21-71)15-8-12-49(79)73-26-36(5)75(28-34(73)3)58-42-24-44(62)51(52-45(64)10-7-11-47(52)66)56-54(42)77(60(81)68-58)38(32-83-56)29-70-16-9-17-70/h6-8,10-14,22-24,33-36,38-39,60,81H,1,9,15-21,25-32,66H2,2-5H3/b12-8+/t33-,34-,35+,36+,38?,39?,60?/m1/s1. The van der Waals surface area contributed by atoms with Gasteiger partial charge in [-0.2, -0.15) is 4.98 Å². The highest BCUT2D eigenvalue weighted by atomic mass is 35.5. The Morgan fingerprint density at radius 3 is 2.10 bits per heavy atom. The summed E-state index contributed by atoms with van der Waals surface area (Å²) in [6, 6.07) is 9.48. The van der Waals surface area contributed by atoms with Crippen molar-refractivity contribution in [3.8, 4) is 33.8 Å². The number of hydrogen-bond donors (Lipinski definition) is 2. The quantitative estimate of drug-likeness (QED) is 0.106. The topological polar surface area (TPSA) is 172 Å². The molecule has 18 nitrogen and oxygen atoms in total. The van der Waals surface area contributed by atoms with Crippen molar-refractivity contribution < 1.29 is 37.3 Å². The lowest BCUT2D eigenvalue weighted by molar-refractivity contribution is -0.131. The second kappa shape index (κ2) is 22.6. The van der Waals surface area contributed by atoms with E-state index in [0.29, 0.717) is 117 Å². The van der Waals surface area contributed by atoms with Crippen LogP contribution in [-0.4, -0.2) is 197 Å². The minimum atomic E-state index is -1.27. The van der Waals surface area contributed by atoms with Crippen LogP contribution in [0.2, 0.25) is 10.0 Å². The zero-order valence-electron chi connectivity index (χ0n) is 46.8. The normalized spacial score (nSPS) is 24.8. The van der Waals surface area contributed by atoms with Gasteiger partial charge in [0.1, 0.15) is 42.3 Å². The molecule has 8 heterocycles. The molecule has 3 N–H and O–H groups in total. The third-order valence-corrected chi connectivity index (χ3v) is 18.2. The molecule has 0 aliphatic carbocycles. The van der Waals surface area contributed by atoms with Gasteiger partial charge in [0.15, 0.2) is 11.5 Å². The number of aromatic nitrogens is 2. The van der Waals surface area contributed by atoms with Gasteiger partial charge in [-0.1, -0.05) is 41.9 Å². The number of halogens is 5. The highest BCUT2D eigenvalue weighted by Crippen LogP contribution is 2.53. The van der Waals surface area contributed by atoms with Crippen LogP contribution in [0.25, 0.3) is 33.2 Å². The smallest absolute Gasteiger partial charge is 0.350 e. The highest BCUT2D eigenvalue weighted by molar-refractivity contribution is 6.35. The molecular formula is C60H67Cl2F3N12O6. The summed E-state index contributed by atoms with van der Waals surface area (Å²) >= 11 is 14.1. The lowest BCUT2D eigenvalue weighted by Gasteiger charge is -2.50. The summed E-state index contributed by atoms with van der Waals surface area (Å²) in [7, 11) is 0. The molecule has 83 heavy (non-hydrogen) atoms. The van der Waals surface area contributed by atoms with E-state index in [1.807, 2.05) is 48.5 Å². The first kappa shape index (κ1) is 56.6. The van der Waals surface area contributed by atoms with Crippen LogP contribution in [0.4, 0.5) is 30.4 Å². The number of hydrogen-bond acceptors (Lipinski definition) is 15. The zero-order chi connectivity index (χ0) is 58.3. The maximum absolute atomic E-state index is 15.6. The van der Waals surface area contributed by atoms with Gasteiger partial charge in [0, 0.05) is 147 Å². The van der Waals surface area contributed by atoms with E-state index in [4.69, 9.17) is 48.4 Å². The summed E-state index contributed by atoms with van der Waals surface area (Å²) in [6.07, 6.45) is 4.65. The molecule has 5 aromatic rings. The molecule has 7 atom stereocenters. The number of rotatable bonds is 11. The maximum atomic E-state index is 15.6. The van der Waals surface area contributed by atoms with Crippen molar-refractivity contribution in [2.24, 2.45) is 4.99 Å². The van der Waals surface area contributed by atoms with Crippen LogP contribution < -0.4 is 30.7 Å². The van der Waals surface area contributed by atoms with Crippen molar-refractivity contribution in [1.82, 2.24) is 39.0 Å². The summed E-state index contributed by atoms with van der Waals surface area (Å²) in [5, 5.41) is 12.9. The average molecular weight is 1180 g/mol. The largest absolute Gasteiger partial charge is 0.488 e. The molecule has 4 saturated heterocycles. The van der Waals surface area contributed by atoms with Crippen molar-refractivity contribution in [3.05, 3.63) is 117 Å². The second-order valence-corrected chi connectivity index (χ2v) is 23.8. The lowest BCUT2D eigenvalue weighted by atomic mass is 9.93. The van der Waals surface area contributed by atoms with Crippen LogP contribution in [0.15, 0.2) is 83.1 Å². The number of amidine groups is 1. The predicted molar refractivity (Wildman–Crippen MR) is 315 cm³/mol. The van der Waals surface area contributed by atoms with Gasteiger partial charge >= 0.3 is 5.69 Å². The summed E-state index contributed by atoms with van der Waals surface area (Å²) in [6.45, 7) is 19.6. The Hall–Kier alpha value is -6.88. The molecule has 0 radical (unpaired) electrons. The molecule has 12 rings (SSSR count). The molecule has 7 aliphatic heterocycles. The van der Waals surface area contributed by atoms with E-state index in [-0.39, 0.29) is 93.4 Å². The zero-order valence-corrected chi connectivity index (χ0v) is 48.3. The van der Waals surface area contributed by atoms with Crippen molar-refractivity contribution >= 4 is 68.9 Å². The minimum Gasteiger partial charge on any atom is -0.488 e.